The lowest BCUT2D eigenvalue weighted by Crippen LogP contribution is -2.11. The van der Waals surface area contributed by atoms with Crippen LogP contribution in [0.15, 0.2) is 76.6 Å². The van der Waals surface area contributed by atoms with Crippen LogP contribution in [-0.2, 0) is 6.54 Å². The lowest BCUT2D eigenvalue weighted by molar-refractivity contribution is 0.100. The van der Waals surface area contributed by atoms with Crippen LogP contribution in [0.2, 0.25) is 0 Å². The van der Waals surface area contributed by atoms with Gasteiger partial charge in [0.25, 0.3) is 0 Å². The van der Waals surface area contributed by atoms with Crippen LogP contribution in [0.3, 0.4) is 0 Å². The van der Waals surface area contributed by atoms with Crippen molar-refractivity contribution in [2.45, 2.75) is 6.54 Å². The van der Waals surface area contributed by atoms with Crippen LogP contribution in [0.4, 0.5) is 4.39 Å². The van der Waals surface area contributed by atoms with Gasteiger partial charge in [0.1, 0.15) is 5.82 Å². The second kappa shape index (κ2) is 7.38. The Balaban J connectivity index is 1.82. The molecule has 2 aromatic heterocycles. The van der Waals surface area contributed by atoms with E-state index in [0.29, 0.717) is 22.1 Å². The van der Waals surface area contributed by atoms with E-state index in [4.69, 9.17) is 5.73 Å². The Labute approximate surface area is 184 Å². The van der Waals surface area contributed by atoms with Gasteiger partial charge in [-0.2, -0.15) is 0 Å². The molecule has 0 bridgehead atoms. The highest BCUT2D eigenvalue weighted by Crippen LogP contribution is 2.36. The SMILES string of the molecule is NC(=O)c1cccc2c1c1ccc(-c3cccs3)cc1n2Cc1ccc(Br)cc1F. The van der Waals surface area contributed by atoms with E-state index in [1.807, 2.05) is 35.7 Å². The quantitative estimate of drug-likeness (QED) is 0.311. The Morgan fingerprint density at radius 2 is 1.90 bits per heavy atom. The summed E-state index contributed by atoms with van der Waals surface area (Å²) in [6, 6.07) is 20.8. The number of nitrogens with zero attached hydrogens (tertiary/aromatic N) is 1. The molecule has 2 heterocycles. The van der Waals surface area contributed by atoms with E-state index < -0.39 is 5.91 Å². The number of thiophene rings is 1. The first kappa shape index (κ1) is 19.0. The summed E-state index contributed by atoms with van der Waals surface area (Å²) >= 11 is 4.98. The summed E-state index contributed by atoms with van der Waals surface area (Å²) in [5.41, 5.74) is 9.58. The average Bonchev–Trinajstić information content (AvgIpc) is 3.36. The topological polar surface area (TPSA) is 48.0 Å². The van der Waals surface area contributed by atoms with Gasteiger partial charge >= 0.3 is 0 Å². The molecule has 0 aliphatic heterocycles. The summed E-state index contributed by atoms with van der Waals surface area (Å²) in [5.74, 6) is -0.753. The molecule has 3 nitrogen and oxygen atoms in total. The van der Waals surface area contributed by atoms with Crippen molar-refractivity contribution in [2.24, 2.45) is 5.73 Å². The second-order valence-corrected chi connectivity index (χ2v) is 8.96. The summed E-state index contributed by atoms with van der Waals surface area (Å²) in [6.45, 7) is 0.342. The molecule has 0 saturated carbocycles. The van der Waals surface area contributed by atoms with Gasteiger partial charge in [-0.25, -0.2) is 4.39 Å². The first-order chi connectivity index (χ1) is 14.5. The summed E-state index contributed by atoms with van der Waals surface area (Å²) in [7, 11) is 0. The van der Waals surface area contributed by atoms with E-state index >= 15 is 0 Å². The van der Waals surface area contributed by atoms with E-state index in [-0.39, 0.29) is 5.82 Å². The number of rotatable bonds is 4. The van der Waals surface area contributed by atoms with Crippen molar-refractivity contribution >= 4 is 55.0 Å². The molecule has 6 heteroatoms. The maximum Gasteiger partial charge on any atom is 0.249 e. The Bertz CT molecular complexity index is 1420. The van der Waals surface area contributed by atoms with Crippen LogP contribution >= 0.6 is 27.3 Å². The zero-order chi connectivity index (χ0) is 20.8. The lowest BCUT2D eigenvalue weighted by atomic mass is 10.0. The molecule has 5 rings (SSSR count). The Morgan fingerprint density at radius 3 is 2.63 bits per heavy atom. The van der Waals surface area contributed by atoms with Crippen LogP contribution in [0.1, 0.15) is 15.9 Å². The van der Waals surface area contributed by atoms with Crippen LogP contribution in [0.25, 0.3) is 32.2 Å². The number of primary amides is 1. The number of aromatic nitrogens is 1. The second-order valence-electron chi connectivity index (χ2n) is 7.10. The third-order valence-corrected chi connectivity index (χ3v) is 6.72. The highest BCUT2D eigenvalue weighted by atomic mass is 79.9. The molecule has 0 aliphatic carbocycles. The van der Waals surface area contributed by atoms with Crippen molar-refractivity contribution in [3.63, 3.8) is 0 Å². The van der Waals surface area contributed by atoms with Gasteiger partial charge in [0.05, 0.1) is 17.6 Å². The monoisotopic (exact) mass is 478 g/mol. The van der Waals surface area contributed by atoms with Crippen molar-refractivity contribution in [1.29, 1.82) is 0 Å². The number of carbonyl (C=O) groups is 1. The van der Waals surface area contributed by atoms with E-state index in [0.717, 1.165) is 32.2 Å². The molecule has 148 valence electrons. The maximum atomic E-state index is 14.6. The fraction of sp³-hybridized carbons (Fsp3) is 0.0417. The first-order valence-corrected chi connectivity index (χ1v) is 11.0. The molecular formula is C24H16BrFN2OS. The highest BCUT2D eigenvalue weighted by molar-refractivity contribution is 9.10. The van der Waals surface area contributed by atoms with Crippen molar-refractivity contribution in [2.75, 3.05) is 0 Å². The molecule has 30 heavy (non-hydrogen) atoms. The Hall–Kier alpha value is -2.96. The fourth-order valence-electron chi connectivity index (χ4n) is 3.94. The fourth-order valence-corrected chi connectivity index (χ4v) is 4.99. The molecule has 0 saturated heterocycles. The molecule has 3 aromatic carbocycles. The van der Waals surface area contributed by atoms with Gasteiger partial charge in [-0.1, -0.05) is 46.3 Å². The Morgan fingerprint density at radius 1 is 1.03 bits per heavy atom. The minimum atomic E-state index is -0.475. The van der Waals surface area contributed by atoms with Gasteiger partial charge in [0.2, 0.25) is 5.91 Å². The minimum absolute atomic E-state index is 0.278. The number of amides is 1. The zero-order valence-corrected chi connectivity index (χ0v) is 18.1. The van der Waals surface area contributed by atoms with E-state index in [9.17, 15) is 9.18 Å². The molecule has 5 aromatic rings. The normalized spacial score (nSPS) is 11.4. The zero-order valence-electron chi connectivity index (χ0n) is 15.7. The summed E-state index contributed by atoms with van der Waals surface area (Å²) in [5, 5.41) is 3.77. The van der Waals surface area contributed by atoms with Crippen molar-refractivity contribution in [1.82, 2.24) is 4.57 Å². The largest absolute Gasteiger partial charge is 0.366 e. The van der Waals surface area contributed by atoms with Gasteiger partial charge in [-0.3, -0.25) is 4.79 Å². The minimum Gasteiger partial charge on any atom is -0.366 e. The van der Waals surface area contributed by atoms with Gasteiger partial charge in [-0.15, -0.1) is 11.3 Å². The molecule has 0 aliphatic rings. The molecule has 0 radical (unpaired) electrons. The maximum absolute atomic E-state index is 14.6. The van der Waals surface area contributed by atoms with Gasteiger partial charge in [-0.05, 0) is 47.3 Å². The van der Waals surface area contributed by atoms with Gasteiger partial charge in [0, 0.05) is 31.2 Å². The van der Waals surface area contributed by atoms with Crippen LogP contribution in [-0.4, -0.2) is 10.5 Å². The predicted molar refractivity (Wildman–Crippen MR) is 124 cm³/mol. The molecule has 0 atom stereocenters. The summed E-state index contributed by atoms with van der Waals surface area (Å²) in [4.78, 5) is 13.3. The number of hydrogen-bond acceptors (Lipinski definition) is 2. The lowest BCUT2D eigenvalue weighted by Gasteiger charge is -2.10. The predicted octanol–water partition coefficient (Wildman–Crippen LogP) is 6.57. The van der Waals surface area contributed by atoms with Gasteiger partial charge < -0.3 is 10.3 Å². The third-order valence-electron chi connectivity index (χ3n) is 5.31. The smallest absolute Gasteiger partial charge is 0.249 e. The number of hydrogen-bond donors (Lipinski definition) is 1. The third kappa shape index (κ3) is 3.13. The van der Waals surface area contributed by atoms with Crippen LogP contribution in [0.5, 0.6) is 0 Å². The van der Waals surface area contributed by atoms with E-state index in [1.54, 1.807) is 23.5 Å². The molecule has 1 amide bonds. The van der Waals surface area contributed by atoms with Crippen molar-refractivity contribution in [3.05, 3.63) is 93.5 Å². The van der Waals surface area contributed by atoms with E-state index in [1.165, 1.54) is 6.07 Å². The number of benzene rings is 3. The number of halogens is 2. The summed E-state index contributed by atoms with van der Waals surface area (Å²) in [6.07, 6.45) is 0. The first-order valence-electron chi connectivity index (χ1n) is 9.35. The standard InChI is InChI=1S/C24H16BrFN2OS/c25-16-8-6-15(19(26)12-16)13-28-20-4-1-3-18(24(27)29)23(20)17-9-7-14(11-21(17)28)22-5-2-10-30-22/h1-12H,13H2,(H2,27,29). The average molecular weight is 479 g/mol. The van der Waals surface area contributed by atoms with Crippen molar-refractivity contribution < 1.29 is 9.18 Å². The molecule has 0 fully saturated rings. The molecular weight excluding hydrogens is 463 g/mol. The van der Waals surface area contributed by atoms with Crippen LogP contribution < -0.4 is 5.73 Å². The Kier molecular flexibility index (Phi) is 4.68. The number of fused-ring (bicyclic) bond motifs is 3. The number of nitrogens with two attached hydrogens (primary N) is 1. The van der Waals surface area contributed by atoms with E-state index in [2.05, 4.69) is 38.7 Å². The van der Waals surface area contributed by atoms with Crippen molar-refractivity contribution in [3.8, 4) is 10.4 Å². The highest BCUT2D eigenvalue weighted by Gasteiger charge is 2.18. The molecule has 0 unspecified atom stereocenters. The van der Waals surface area contributed by atoms with Gasteiger partial charge in [0.15, 0.2) is 0 Å². The molecule has 2 N–H and O–H groups in total. The summed E-state index contributed by atoms with van der Waals surface area (Å²) < 4.78 is 17.4. The molecule has 0 spiro atoms. The number of carbonyl (C=O) groups excluding carboxylic acids is 1. The van der Waals surface area contributed by atoms with Crippen LogP contribution in [0, 0.1) is 5.82 Å².